The first-order valence-electron chi connectivity index (χ1n) is 16.2. The van der Waals surface area contributed by atoms with Crippen molar-refractivity contribution in [2.24, 2.45) is 0 Å². The van der Waals surface area contributed by atoms with Crippen molar-refractivity contribution in [1.82, 2.24) is 0 Å². The van der Waals surface area contributed by atoms with Crippen LogP contribution in [0.4, 0.5) is 0 Å². The molecule has 0 rings (SSSR count). The summed E-state index contributed by atoms with van der Waals surface area (Å²) in [5.41, 5.74) is 0. The average molecular weight is 523 g/mol. The SMILES string of the molecule is CCCCCC/C=C\CCCCCCCCC(=O)OC(CCCCCCC)CCCCCCCC(=O)O. The van der Waals surface area contributed by atoms with Crippen LogP contribution >= 0.6 is 0 Å². The van der Waals surface area contributed by atoms with Crippen LogP contribution in [0.25, 0.3) is 0 Å². The van der Waals surface area contributed by atoms with Gasteiger partial charge in [-0.25, -0.2) is 0 Å². The van der Waals surface area contributed by atoms with Crippen molar-refractivity contribution in [2.45, 2.75) is 187 Å². The van der Waals surface area contributed by atoms with E-state index in [1.165, 1.54) is 89.9 Å². The summed E-state index contributed by atoms with van der Waals surface area (Å²) in [6.45, 7) is 4.49. The number of rotatable bonds is 29. The van der Waals surface area contributed by atoms with E-state index >= 15 is 0 Å². The van der Waals surface area contributed by atoms with E-state index < -0.39 is 5.97 Å². The smallest absolute Gasteiger partial charge is 0.306 e. The van der Waals surface area contributed by atoms with E-state index in [9.17, 15) is 9.59 Å². The monoisotopic (exact) mass is 522 g/mol. The molecule has 4 nitrogen and oxygen atoms in total. The Hall–Kier alpha value is -1.32. The van der Waals surface area contributed by atoms with E-state index in [1.807, 2.05) is 0 Å². The summed E-state index contributed by atoms with van der Waals surface area (Å²) >= 11 is 0. The van der Waals surface area contributed by atoms with Crippen molar-refractivity contribution in [3.05, 3.63) is 12.2 Å². The first-order valence-corrected chi connectivity index (χ1v) is 16.2. The van der Waals surface area contributed by atoms with Gasteiger partial charge in [-0.05, 0) is 64.2 Å². The molecule has 0 spiro atoms. The fourth-order valence-electron chi connectivity index (χ4n) is 4.82. The van der Waals surface area contributed by atoms with Crippen molar-refractivity contribution < 1.29 is 19.4 Å². The zero-order valence-electron chi connectivity index (χ0n) is 24.8. The molecule has 0 aromatic rings. The molecule has 1 N–H and O–H groups in total. The minimum absolute atomic E-state index is 0.0101. The molecule has 0 aromatic heterocycles. The number of hydrogen-bond acceptors (Lipinski definition) is 3. The molecule has 0 radical (unpaired) electrons. The van der Waals surface area contributed by atoms with E-state index in [1.54, 1.807) is 0 Å². The molecule has 1 atom stereocenters. The highest BCUT2D eigenvalue weighted by Crippen LogP contribution is 2.18. The second-order valence-electron chi connectivity index (χ2n) is 11.0. The number of unbranched alkanes of at least 4 members (excludes halogenated alkanes) is 18. The molecule has 0 fully saturated rings. The summed E-state index contributed by atoms with van der Waals surface area (Å²) < 4.78 is 5.91. The number of allylic oxidation sites excluding steroid dienone is 2. The maximum absolute atomic E-state index is 12.5. The van der Waals surface area contributed by atoms with E-state index in [2.05, 4.69) is 26.0 Å². The van der Waals surface area contributed by atoms with Crippen molar-refractivity contribution in [1.29, 1.82) is 0 Å². The molecule has 218 valence electrons. The highest BCUT2D eigenvalue weighted by Gasteiger charge is 2.14. The molecule has 0 aliphatic heterocycles. The van der Waals surface area contributed by atoms with Crippen LogP contribution in [0.2, 0.25) is 0 Å². The van der Waals surface area contributed by atoms with Crippen LogP contribution in [0.15, 0.2) is 12.2 Å². The largest absolute Gasteiger partial charge is 0.481 e. The van der Waals surface area contributed by atoms with E-state index in [4.69, 9.17) is 9.84 Å². The van der Waals surface area contributed by atoms with Crippen LogP contribution < -0.4 is 0 Å². The average Bonchev–Trinajstić information content (AvgIpc) is 2.87. The Morgan fingerprint density at radius 2 is 0.973 bits per heavy atom. The lowest BCUT2D eigenvalue weighted by Gasteiger charge is -2.18. The summed E-state index contributed by atoms with van der Waals surface area (Å²) in [4.78, 5) is 23.1. The minimum atomic E-state index is -0.703. The lowest BCUT2D eigenvalue weighted by molar-refractivity contribution is -0.150. The number of esters is 1. The molecular weight excluding hydrogens is 460 g/mol. The van der Waals surface area contributed by atoms with Crippen LogP contribution in [0.3, 0.4) is 0 Å². The fraction of sp³-hybridized carbons (Fsp3) is 0.879. The highest BCUT2D eigenvalue weighted by atomic mass is 16.5. The standard InChI is InChI=1S/C33H62O4/c1-3-5-7-9-10-11-12-13-14-15-16-17-22-26-30-33(36)37-31(27-23-19-8-6-4-2)28-24-20-18-21-25-29-32(34)35/h11-12,31H,3-10,13-30H2,1-2H3,(H,34,35)/b12-11-. The summed E-state index contributed by atoms with van der Waals surface area (Å²) in [5, 5.41) is 8.74. The molecular formula is C33H62O4. The van der Waals surface area contributed by atoms with Crippen LogP contribution in [0, 0.1) is 0 Å². The topological polar surface area (TPSA) is 63.6 Å². The first-order chi connectivity index (χ1) is 18.1. The summed E-state index contributed by atoms with van der Waals surface area (Å²) in [6.07, 6.45) is 33.7. The lowest BCUT2D eigenvalue weighted by atomic mass is 10.0. The normalized spacial score (nSPS) is 12.3. The van der Waals surface area contributed by atoms with Gasteiger partial charge in [0.15, 0.2) is 0 Å². The van der Waals surface area contributed by atoms with E-state index in [0.717, 1.165) is 64.2 Å². The number of carbonyl (C=O) groups excluding carboxylic acids is 1. The number of hydrogen-bond donors (Lipinski definition) is 1. The lowest BCUT2D eigenvalue weighted by Crippen LogP contribution is -2.18. The third kappa shape index (κ3) is 29.1. The van der Waals surface area contributed by atoms with Gasteiger partial charge in [0.25, 0.3) is 0 Å². The van der Waals surface area contributed by atoms with Crippen molar-refractivity contribution in [2.75, 3.05) is 0 Å². The van der Waals surface area contributed by atoms with Gasteiger partial charge < -0.3 is 9.84 Å². The van der Waals surface area contributed by atoms with Crippen LogP contribution in [-0.2, 0) is 14.3 Å². The molecule has 0 saturated heterocycles. The number of carboxylic acids is 1. The number of carbonyl (C=O) groups is 2. The quantitative estimate of drug-likeness (QED) is 0.0602. The maximum atomic E-state index is 12.5. The van der Waals surface area contributed by atoms with Gasteiger partial charge in [-0.1, -0.05) is 116 Å². The summed E-state index contributed by atoms with van der Waals surface area (Å²) in [7, 11) is 0. The predicted octanol–water partition coefficient (Wildman–Crippen LogP) is 10.7. The van der Waals surface area contributed by atoms with Gasteiger partial charge in [-0.3, -0.25) is 9.59 Å². The molecule has 0 aromatic carbocycles. The zero-order chi connectivity index (χ0) is 27.2. The third-order valence-electron chi connectivity index (χ3n) is 7.24. The molecule has 4 heteroatoms. The molecule has 0 amide bonds. The molecule has 0 aliphatic carbocycles. The van der Waals surface area contributed by atoms with Crippen LogP contribution in [0.1, 0.15) is 181 Å². The van der Waals surface area contributed by atoms with Gasteiger partial charge in [0.2, 0.25) is 0 Å². The second kappa shape index (κ2) is 29.2. The van der Waals surface area contributed by atoms with Gasteiger partial charge in [-0.2, -0.15) is 0 Å². The minimum Gasteiger partial charge on any atom is -0.481 e. The van der Waals surface area contributed by atoms with Crippen molar-refractivity contribution >= 4 is 11.9 Å². The molecule has 0 heterocycles. The Labute approximate surface area is 230 Å². The Balaban J connectivity index is 3.89. The van der Waals surface area contributed by atoms with E-state index in [-0.39, 0.29) is 18.5 Å². The van der Waals surface area contributed by atoms with Crippen LogP contribution in [-0.4, -0.2) is 23.1 Å². The molecule has 0 bridgehead atoms. The van der Waals surface area contributed by atoms with Gasteiger partial charge in [0, 0.05) is 12.8 Å². The molecule has 0 aliphatic rings. The Bertz CT molecular complexity index is 528. The first kappa shape index (κ1) is 35.7. The van der Waals surface area contributed by atoms with Crippen molar-refractivity contribution in [3.63, 3.8) is 0 Å². The maximum Gasteiger partial charge on any atom is 0.306 e. The number of carboxylic acid groups (broad SMARTS) is 1. The van der Waals surface area contributed by atoms with E-state index in [0.29, 0.717) is 6.42 Å². The fourth-order valence-corrected chi connectivity index (χ4v) is 4.82. The third-order valence-corrected chi connectivity index (χ3v) is 7.24. The van der Waals surface area contributed by atoms with Gasteiger partial charge in [0.1, 0.15) is 6.10 Å². The Morgan fingerprint density at radius 1 is 0.568 bits per heavy atom. The summed E-state index contributed by atoms with van der Waals surface area (Å²) in [5.74, 6) is -0.713. The zero-order valence-corrected chi connectivity index (χ0v) is 24.8. The van der Waals surface area contributed by atoms with Gasteiger partial charge in [-0.15, -0.1) is 0 Å². The summed E-state index contributed by atoms with van der Waals surface area (Å²) in [6, 6.07) is 0. The molecule has 1 unspecified atom stereocenters. The molecule has 0 saturated carbocycles. The van der Waals surface area contributed by atoms with Gasteiger partial charge >= 0.3 is 11.9 Å². The predicted molar refractivity (Wildman–Crippen MR) is 158 cm³/mol. The number of ether oxygens (including phenoxy) is 1. The Morgan fingerprint density at radius 3 is 1.49 bits per heavy atom. The second-order valence-corrected chi connectivity index (χ2v) is 11.0. The van der Waals surface area contributed by atoms with Crippen molar-refractivity contribution in [3.8, 4) is 0 Å². The number of aliphatic carboxylic acids is 1. The highest BCUT2D eigenvalue weighted by molar-refractivity contribution is 5.69. The van der Waals surface area contributed by atoms with Crippen LogP contribution in [0.5, 0.6) is 0 Å². The van der Waals surface area contributed by atoms with Gasteiger partial charge in [0.05, 0.1) is 0 Å². The Kier molecular flexibility index (Phi) is 28.2. The molecule has 37 heavy (non-hydrogen) atoms.